The first-order valence-electron chi connectivity index (χ1n) is 10.3. The Balaban J connectivity index is 2.01. The van der Waals surface area contributed by atoms with E-state index < -0.39 is 23.4 Å². The van der Waals surface area contributed by atoms with Crippen molar-refractivity contribution in [2.24, 2.45) is 5.73 Å². The van der Waals surface area contributed by atoms with Crippen LogP contribution in [0.5, 0.6) is 0 Å². The van der Waals surface area contributed by atoms with E-state index in [1.54, 1.807) is 11.0 Å². The lowest BCUT2D eigenvalue weighted by atomic mass is 9.83. The Morgan fingerprint density at radius 1 is 1.12 bits per heavy atom. The van der Waals surface area contributed by atoms with Crippen molar-refractivity contribution in [3.05, 3.63) is 40.2 Å². The standard InChI is InChI=1S/C22H23F3N6O/c23-22(24,25)20(29)13(10-26)19-12-5-2-1-4-11(12)16-15(30-19)7-6-14(27)17(16)18(28)21(32)31-8-3-9-31/h6-7,10,26,28H,1-5,8-9,27,29H2. The first-order chi connectivity index (χ1) is 15.1. The van der Waals surface area contributed by atoms with Gasteiger partial charge in [-0.15, -0.1) is 0 Å². The molecule has 1 amide bonds. The lowest BCUT2D eigenvalue weighted by Crippen LogP contribution is -2.45. The van der Waals surface area contributed by atoms with Crippen molar-refractivity contribution in [1.82, 2.24) is 9.88 Å². The van der Waals surface area contributed by atoms with E-state index in [2.05, 4.69) is 4.98 Å². The zero-order valence-corrected chi connectivity index (χ0v) is 17.3. The minimum atomic E-state index is -4.80. The van der Waals surface area contributed by atoms with Crippen LogP contribution in [-0.2, 0) is 17.6 Å². The number of nitrogens with two attached hydrogens (primary N) is 2. The molecule has 7 nitrogen and oxygen atoms in total. The molecule has 2 heterocycles. The Morgan fingerprint density at radius 3 is 2.34 bits per heavy atom. The summed E-state index contributed by atoms with van der Waals surface area (Å²) in [5, 5.41) is 16.7. The molecular formula is C22H23F3N6O. The Kier molecular flexibility index (Phi) is 5.39. The van der Waals surface area contributed by atoms with Crippen molar-refractivity contribution in [2.75, 3.05) is 18.8 Å². The highest BCUT2D eigenvalue weighted by Crippen LogP contribution is 2.38. The Labute approximate surface area is 182 Å². The van der Waals surface area contributed by atoms with Crippen LogP contribution in [0.25, 0.3) is 16.5 Å². The third-order valence-corrected chi connectivity index (χ3v) is 6.11. The van der Waals surface area contributed by atoms with Gasteiger partial charge in [0.1, 0.15) is 11.4 Å². The monoisotopic (exact) mass is 444 g/mol. The molecule has 0 bridgehead atoms. The van der Waals surface area contributed by atoms with E-state index in [0.717, 1.165) is 19.3 Å². The maximum Gasteiger partial charge on any atom is 0.431 e. The first kappa shape index (κ1) is 21.8. The van der Waals surface area contributed by atoms with Crippen LogP contribution in [0.3, 0.4) is 0 Å². The van der Waals surface area contributed by atoms with Gasteiger partial charge < -0.3 is 21.8 Å². The van der Waals surface area contributed by atoms with E-state index >= 15 is 0 Å². The zero-order chi connectivity index (χ0) is 23.2. The molecule has 0 saturated carbocycles. The van der Waals surface area contributed by atoms with E-state index in [-0.39, 0.29) is 22.7 Å². The molecule has 1 aromatic carbocycles. The van der Waals surface area contributed by atoms with Crippen molar-refractivity contribution in [3.8, 4) is 0 Å². The van der Waals surface area contributed by atoms with Crippen molar-refractivity contribution in [1.29, 1.82) is 10.8 Å². The van der Waals surface area contributed by atoms with Crippen molar-refractivity contribution in [3.63, 3.8) is 0 Å². The number of amides is 1. The predicted molar refractivity (Wildman–Crippen MR) is 117 cm³/mol. The Morgan fingerprint density at radius 2 is 1.78 bits per heavy atom. The molecule has 6 N–H and O–H groups in total. The van der Waals surface area contributed by atoms with E-state index in [4.69, 9.17) is 22.3 Å². The summed E-state index contributed by atoms with van der Waals surface area (Å²) >= 11 is 0. The topological polar surface area (TPSA) is 133 Å². The van der Waals surface area contributed by atoms with Crippen LogP contribution >= 0.6 is 0 Å². The summed E-state index contributed by atoms with van der Waals surface area (Å²) in [5.41, 5.74) is 11.6. The van der Waals surface area contributed by atoms with E-state index in [1.165, 1.54) is 6.07 Å². The summed E-state index contributed by atoms with van der Waals surface area (Å²) in [5.74, 6) is -0.425. The summed E-state index contributed by atoms with van der Waals surface area (Å²) in [6, 6.07) is 3.07. The van der Waals surface area contributed by atoms with Crippen LogP contribution in [-0.4, -0.2) is 47.0 Å². The van der Waals surface area contributed by atoms with Crippen molar-refractivity contribution < 1.29 is 18.0 Å². The number of anilines is 1. The number of likely N-dealkylation sites (tertiary alicyclic amines) is 1. The minimum absolute atomic E-state index is 0.0216. The number of alkyl halides is 3. The Bertz CT molecular complexity index is 1180. The molecule has 1 saturated heterocycles. The summed E-state index contributed by atoms with van der Waals surface area (Å²) in [6.45, 7) is 1.16. The molecular weight excluding hydrogens is 421 g/mol. The lowest BCUT2D eigenvalue weighted by Gasteiger charge is -2.31. The molecule has 1 aliphatic heterocycles. The maximum absolute atomic E-state index is 13.3. The average Bonchev–Trinajstić information content (AvgIpc) is 2.72. The van der Waals surface area contributed by atoms with Crippen LogP contribution in [0.4, 0.5) is 18.9 Å². The smallest absolute Gasteiger partial charge is 0.398 e. The molecule has 1 fully saturated rings. The van der Waals surface area contributed by atoms with Gasteiger partial charge in [-0.25, -0.2) is 4.98 Å². The third kappa shape index (κ3) is 3.49. The first-order valence-corrected chi connectivity index (χ1v) is 10.3. The fraction of sp³-hybridized carbons (Fsp3) is 0.364. The molecule has 0 radical (unpaired) electrons. The second-order valence-electron chi connectivity index (χ2n) is 8.04. The number of halogens is 3. The molecule has 4 rings (SSSR count). The largest absolute Gasteiger partial charge is 0.431 e. The van der Waals surface area contributed by atoms with Crippen molar-refractivity contribution >= 4 is 40.0 Å². The number of pyridine rings is 1. The van der Waals surface area contributed by atoms with Crippen LogP contribution in [0.2, 0.25) is 0 Å². The van der Waals surface area contributed by atoms with Crippen LogP contribution < -0.4 is 11.5 Å². The van der Waals surface area contributed by atoms with Crippen LogP contribution in [0.1, 0.15) is 41.6 Å². The number of aryl methyl sites for hydroxylation is 1. The number of nitrogens with zero attached hydrogens (tertiary/aromatic N) is 2. The van der Waals surface area contributed by atoms with Gasteiger partial charge in [0.05, 0.1) is 11.2 Å². The number of carbonyl (C=O) groups excluding carboxylic acids is 1. The summed E-state index contributed by atoms with van der Waals surface area (Å²) in [6.07, 6.45) is -0.804. The second-order valence-corrected chi connectivity index (χ2v) is 8.04. The summed E-state index contributed by atoms with van der Waals surface area (Å²) in [7, 11) is 0. The number of fused-ring (bicyclic) bond motifs is 3. The molecule has 0 unspecified atom stereocenters. The number of nitrogens with one attached hydrogen (secondary N) is 2. The van der Waals surface area contributed by atoms with Gasteiger partial charge in [-0.1, -0.05) is 0 Å². The maximum atomic E-state index is 13.3. The van der Waals surface area contributed by atoms with Crippen molar-refractivity contribution in [2.45, 2.75) is 38.3 Å². The van der Waals surface area contributed by atoms with E-state index in [0.29, 0.717) is 54.2 Å². The quantitative estimate of drug-likeness (QED) is 0.426. The second kappa shape index (κ2) is 7.92. The summed E-state index contributed by atoms with van der Waals surface area (Å²) < 4.78 is 40.0. The van der Waals surface area contributed by atoms with Gasteiger partial charge >= 0.3 is 6.18 Å². The van der Waals surface area contributed by atoms with Gasteiger partial charge in [-0.05, 0) is 55.4 Å². The third-order valence-electron chi connectivity index (χ3n) is 6.11. The highest BCUT2D eigenvalue weighted by atomic mass is 19.4. The number of rotatable bonds is 4. The molecule has 1 aliphatic carbocycles. The number of nitrogen functional groups attached to an aromatic ring is 1. The predicted octanol–water partition coefficient (Wildman–Crippen LogP) is 3.18. The van der Waals surface area contributed by atoms with Gasteiger partial charge in [0, 0.05) is 41.5 Å². The van der Waals surface area contributed by atoms with Crippen LogP contribution in [0, 0.1) is 10.8 Å². The minimum Gasteiger partial charge on any atom is -0.398 e. The molecule has 32 heavy (non-hydrogen) atoms. The van der Waals surface area contributed by atoms with Gasteiger partial charge in [0.2, 0.25) is 0 Å². The molecule has 0 spiro atoms. The molecule has 10 heteroatoms. The van der Waals surface area contributed by atoms with Gasteiger partial charge in [-0.2, -0.15) is 13.2 Å². The normalized spacial score (nSPS) is 16.8. The fourth-order valence-electron chi connectivity index (χ4n) is 4.34. The number of aromatic nitrogens is 1. The lowest BCUT2D eigenvalue weighted by molar-refractivity contribution is -0.127. The van der Waals surface area contributed by atoms with Crippen LogP contribution in [0.15, 0.2) is 17.8 Å². The van der Waals surface area contributed by atoms with E-state index in [9.17, 15) is 18.0 Å². The number of allylic oxidation sites excluding steroid dienone is 2. The fourth-order valence-corrected chi connectivity index (χ4v) is 4.34. The van der Waals surface area contributed by atoms with Gasteiger partial charge in [-0.3, -0.25) is 10.2 Å². The van der Waals surface area contributed by atoms with E-state index in [1.807, 2.05) is 0 Å². The van der Waals surface area contributed by atoms with Gasteiger partial charge in [0.25, 0.3) is 5.91 Å². The molecule has 0 atom stereocenters. The highest BCUT2D eigenvalue weighted by molar-refractivity contribution is 6.47. The van der Waals surface area contributed by atoms with Gasteiger partial charge in [0.15, 0.2) is 0 Å². The number of benzene rings is 1. The number of hydrogen-bond donors (Lipinski definition) is 4. The molecule has 2 aromatic rings. The molecule has 1 aromatic heterocycles. The SMILES string of the molecule is N=CC(=C(N)C(F)(F)F)c1nc2ccc(N)c(C(=N)C(=O)N3CCC3)c2c2c1CCCC2. The zero-order valence-electron chi connectivity index (χ0n) is 17.3. The molecule has 2 aliphatic rings. The Hall–Kier alpha value is -3.43. The summed E-state index contributed by atoms with van der Waals surface area (Å²) in [4.78, 5) is 18.8. The highest BCUT2D eigenvalue weighted by Gasteiger charge is 2.36. The average molecular weight is 444 g/mol. The number of hydrogen-bond acceptors (Lipinski definition) is 6. The molecule has 168 valence electrons. The number of carbonyl (C=O) groups is 1.